The van der Waals surface area contributed by atoms with Crippen LogP contribution in [0, 0.1) is 22.9 Å². The first-order valence-electron chi connectivity index (χ1n) is 9.52. The van der Waals surface area contributed by atoms with E-state index in [4.69, 9.17) is 4.74 Å². The zero-order chi connectivity index (χ0) is 23.0. The van der Waals surface area contributed by atoms with Crippen LogP contribution in [0.3, 0.4) is 0 Å². The molecule has 0 amide bonds. The summed E-state index contributed by atoms with van der Waals surface area (Å²) in [5.41, 5.74) is 2.25. The van der Waals surface area contributed by atoms with Gasteiger partial charge in [-0.25, -0.2) is 14.8 Å². The fraction of sp³-hybridized carbons (Fsp3) is 0.174. The minimum absolute atomic E-state index is 0. The van der Waals surface area contributed by atoms with Gasteiger partial charge in [-0.05, 0) is 30.7 Å². The van der Waals surface area contributed by atoms with Gasteiger partial charge in [-0.3, -0.25) is 10.1 Å². The van der Waals surface area contributed by atoms with Gasteiger partial charge in [0.25, 0.3) is 0 Å². The van der Waals surface area contributed by atoms with Gasteiger partial charge in [0.1, 0.15) is 5.69 Å². The number of esters is 1. The van der Waals surface area contributed by atoms with Gasteiger partial charge in [-0.15, -0.1) is 0 Å². The average molecular weight is 451 g/mol. The van der Waals surface area contributed by atoms with Gasteiger partial charge >= 0.3 is 11.7 Å². The third-order valence-electron chi connectivity index (χ3n) is 5.13. The Kier molecular flexibility index (Phi) is 6.38. The first-order valence-corrected chi connectivity index (χ1v) is 9.52. The van der Waals surface area contributed by atoms with E-state index in [-0.39, 0.29) is 13.4 Å². The topological polar surface area (TPSA) is 112 Å². The molecule has 2 aromatic carbocycles. The Morgan fingerprint density at radius 2 is 1.97 bits per heavy atom. The van der Waals surface area contributed by atoms with Crippen LogP contribution < -0.4 is 5.32 Å². The van der Waals surface area contributed by atoms with E-state index in [1.165, 1.54) is 13.3 Å². The molecule has 0 saturated carbocycles. The number of anilines is 2. The summed E-state index contributed by atoms with van der Waals surface area (Å²) in [6.07, 6.45) is 1.50. The average Bonchev–Trinajstić information content (AvgIpc) is 3.07. The Labute approximate surface area is 189 Å². The van der Waals surface area contributed by atoms with Crippen LogP contribution in [-0.4, -0.2) is 32.5 Å². The quantitative estimate of drug-likeness (QED) is 0.253. The lowest BCUT2D eigenvalue weighted by atomic mass is 10.1. The summed E-state index contributed by atoms with van der Waals surface area (Å²) in [6, 6.07) is 11.3. The smallest absolute Gasteiger partial charge is 0.355 e. The van der Waals surface area contributed by atoms with Gasteiger partial charge in [0.15, 0.2) is 0 Å². The van der Waals surface area contributed by atoms with Crippen molar-refractivity contribution in [1.29, 1.82) is 0 Å². The Morgan fingerprint density at radius 3 is 2.67 bits per heavy atom. The normalized spacial score (nSPS) is 10.5. The molecular weight excluding hydrogens is 429 g/mol. The third kappa shape index (κ3) is 4.10. The van der Waals surface area contributed by atoms with E-state index >= 15 is 0 Å². The molecule has 4 rings (SSSR count). The number of aromatic nitrogens is 3. The molecule has 0 atom stereocenters. The van der Waals surface area contributed by atoms with Crippen molar-refractivity contribution in [3.05, 3.63) is 75.9 Å². The minimum Gasteiger partial charge on any atom is -0.464 e. The molecule has 9 nitrogen and oxygen atoms in total. The fourth-order valence-electron chi connectivity index (χ4n) is 3.60. The second-order valence-electron chi connectivity index (χ2n) is 7.06. The molecule has 0 fully saturated rings. The van der Waals surface area contributed by atoms with Crippen LogP contribution >= 0.6 is 0 Å². The fourth-order valence-corrected chi connectivity index (χ4v) is 3.60. The van der Waals surface area contributed by atoms with Crippen LogP contribution in [0.2, 0.25) is 0 Å². The highest BCUT2D eigenvalue weighted by molar-refractivity contribution is 6.08. The standard InChI is InChI=1S/C22H18FN5O4.CH4/c1-12-10-14(23)18(28(30)31)11-16(12)26-22-24-9-8-15(25-22)19-13-6-4-5-7-17(13)27(2)20(19)21(29)32-3;/h4-11H,1-3H3,(H,24,25,26);1H4. The number of nitrogens with zero attached hydrogens (tertiary/aromatic N) is 4. The van der Waals surface area contributed by atoms with E-state index in [0.717, 1.165) is 23.0 Å². The molecule has 2 aromatic heterocycles. The molecule has 0 aliphatic rings. The number of halogens is 1. The highest BCUT2D eigenvalue weighted by Crippen LogP contribution is 2.34. The summed E-state index contributed by atoms with van der Waals surface area (Å²) in [7, 11) is 3.07. The number of para-hydroxylation sites is 1. The predicted molar refractivity (Wildman–Crippen MR) is 123 cm³/mol. The van der Waals surface area contributed by atoms with E-state index in [0.29, 0.717) is 28.2 Å². The molecule has 0 aliphatic carbocycles. The van der Waals surface area contributed by atoms with Crippen molar-refractivity contribution in [2.75, 3.05) is 12.4 Å². The van der Waals surface area contributed by atoms with Crippen molar-refractivity contribution >= 4 is 34.2 Å². The van der Waals surface area contributed by atoms with Gasteiger partial charge in [0.05, 0.1) is 23.4 Å². The van der Waals surface area contributed by atoms with E-state index in [2.05, 4.69) is 15.3 Å². The first-order chi connectivity index (χ1) is 15.3. The number of benzene rings is 2. The van der Waals surface area contributed by atoms with Gasteiger partial charge in [0, 0.05) is 35.8 Å². The third-order valence-corrected chi connectivity index (χ3v) is 5.13. The van der Waals surface area contributed by atoms with Crippen LogP contribution in [0.1, 0.15) is 23.5 Å². The number of nitro groups is 1. The zero-order valence-corrected chi connectivity index (χ0v) is 17.4. The molecule has 2 heterocycles. The largest absolute Gasteiger partial charge is 0.464 e. The van der Waals surface area contributed by atoms with Crippen LogP contribution in [0.25, 0.3) is 22.2 Å². The molecule has 33 heavy (non-hydrogen) atoms. The number of ether oxygens (including phenoxy) is 1. The molecule has 4 aromatic rings. The van der Waals surface area contributed by atoms with Crippen LogP contribution in [0.15, 0.2) is 48.7 Å². The predicted octanol–water partition coefficient (Wildman–Crippen LogP) is 5.16. The van der Waals surface area contributed by atoms with Crippen LogP contribution in [0.4, 0.5) is 21.7 Å². The minimum atomic E-state index is -0.925. The Morgan fingerprint density at radius 1 is 1.24 bits per heavy atom. The molecule has 170 valence electrons. The summed E-state index contributed by atoms with van der Waals surface area (Å²) in [6.45, 7) is 1.61. The molecule has 0 aliphatic heterocycles. The summed E-state index contributed by atoms with van der Waals surface area (Å²) in [4.78, 5) is 31.5. The maximum Gasteiger partial charge on any atom is 0.355 e. The lowest BCUT2D eigenvalue weighted by molar-refractivity contribution is -0.387. The van der Waals surface area contributed by atoms with Crippen molar-refractivity contribution < 1.29 is 18.8 Å². The highest BCUT2D eigenvalue weighted by Gasteiger charge is 2.24. The van der Waals surface area contributed by atoms with Crippen LogP contribution in [0.5, 0.6) is 0 Å². The van der Waals surface area contributed by atoms with Gasteiger partial charge in [-0.1, -0.05) is 25.6 Å². The second kappa shape index (κ2) is 9.03. The summed E-state index contributed by atoms with van der Waals surface area (Å²) in [5.74, 6) is -1.31. The van der Waals surface area contributed by atoms with Crippen molar-refractivity contribution in [2.24, 2.45) is 7.05 Å². The Bertz CT molecular complexity index is 1380. The number of aryl methyl sites for hydroxylation is 2. The zero-order valence-electron chi connectivity index (χ0n) is 17.4. The number of rotatable bonds is 5. The lowest BCUT2D eigenvalue weighted by Gasteiger charge is -2.10. The van der Waals surface area contributed by atoms with Crippen molar-refractivity contribution in [1.82, 2.24) is 14.5 Å². The van der Waals surface area contributed by atoms with Crippen molar-refractivity contribution in [2.45, 2.75) is 14.4 Å². The number of methoxy groups -OCH3 is 1. The number of hydrogen-bond acceptors (Lipinski definition) is 7. The molecule has 10 heteroatoms. The van der Waals surface area contributed by atoms with E-state index < -0.39 is 22.4 Å². The molecule has 1 N–H and O–H groups in total. The summed E-state index contributed by atoms with van der Waals surface area (Å²) < 4.78 is 20.6. The summed E-state index contributed by atoms with van der Waals surface area (Å²) >= 11 is 0. The highest BCUT2D eigenvalue weighted by atomic mass is 19.1. The molecule has 0 spiro atoms. The van der Waals surface area contributed by atoms with Gasteiger partial charge in [0.2, 0.25) is 11.8 Å². The monoisotopic (exact) mass is 451 g/mol. The maximum absolute atomic E-state index is 13.9. The molecule has 0 radical (unpaired) electrons. The lowest BCUT2D eigenvalue weighted by Crippen LogP contribution is -2.09. The van der Waals surface area contributed by atoms with Crippen LogP contribution in [-0.2, 0) is 11.8 Å². The number of carbonyl (C=O) groups excluding carboxylic acids is 1. The van der Waals surface area contributed by atoms with Crippen molar-refractivity contribution in [3.63, 3.8) is 0 Å². The maximum atomic E-state index is 13.9. The number of nitro benzene ring substituents is 1. The summed E-state index contributed by atoms with van der Waals surface area (Å²) in [5, 5.41) is 14.8. The van der Waals surface area contributed by atoms with E-state index in [1.807, 2.05) is 24.3 Å². The van der Waals surface area contributed by atoms with Crippen molar-refractivity contribution in [3.8, 4) is 11.3 Å². The van der Waals surface area contributed by atoms with E-state index in [9.17, 15) is 19.3 Å². The van der Waals surface area contributed by atoms with Gasteiger partial charge in [-0.2, -0.15) is 4.39 Å². The molecular formula is C23H22FN5O4. The second-order valence-corrected chi connectivity index (χ2v) is 7.06. The first kappa shape index (κ1) is 23.3. The van der Waals surface area contributed by atoms with Gasteiger partial charge < -0.3 is 14.6 Å². The van der Waals surface area contributed by atoms with E-state index in [1.54, 1.807) is 24.6 Å². The Hall–Kier alpha value is -4.34. The molecule has 0 saturated heterocycles. The number of nitrogens with one attached hydrogen (secondary N) is 1. The Balaban J connectivity index is 0.00000306. The number of carbonyl (C=O) groups is 1. The SMILES string of the molecule is C.COC(=O)c1c(-c2ccnc(Nc3cc([N+](=O)[O-])c(F)cc3C)n2)c2ccccc2n1C. The molecule has 0 bridgehead atoms. The number of fused-ring (bicyclic) bond motifs is 1. The molecule has 0 unspecified atom stereocenters. The number of hydrogen-bond donors (Lipinski definition) is 1.